The van der Waals surface area contributed by atoms with E-state index in [1.807, 2.05) is 0 Å². The van der Waals surface area contributed by atoms with E-state index in [4.69, 9.17) is 0 Å². The van der Waals surface area contributed by atoms with E-state index < -0.39 is 0 Å². The maximum Gasteiger partial charge on any atom is 0.0236 e. The summed E-state index contributed by atoms with van der Waals surface area (Å²) in [6, 6.07) is 17.6. The summed E-state index contributed by atoms with van der Waals surface area (Å²) in [6.07, 6.45) is 1.20. The summed E-state index contributed by atoms with van der Waals surface area (Å²) in [5, 5.41) is 0. The minimum Gasteiger partial charge on any atom is -0.298 e. The van der Waals surface area contributed by atoms with Gasteiger partial charge in [0.1, 0.15) is 0 Å². The van der Waals surface area contributed by atoms with Crippen molar-refractivity contribution in [1.82, 2.24) is 4.90 Å². The van der Waals surface area contributed by atoms with E-state index in [2.05, 4.69) is 67.3 Å². The third kappa shape index (κ3) is 2.78. The number of rotatable bonds is 3. The van der Waals surface area contributed by atoms with Gasteiger partial charge in [0.25, 0.3) is 0 Å². The lowest BCUT2D eigenvalue weighted by molar-refractivity contribution is 0.241. The second-order valence-corrected chi connectivity index (χ2v) is 6.01. The SMILES string of the molecule is Cc1cccc2c1CCN(CC(C)c1ccccc1)C2. The van der Waals surface area contributed by atoms with Gasteiger partial charge in [0.15, 0.2) is 0 Å². The van der Waals surface area contributed by atoms with E-state index in [1.165, 1.54) is 29.7 Å². The molecule has 3 rings (SSSR count). The first-order valence-electron chi connectivity index (χ1n) is 7.58. The van der Waals surface area contributed by atoms with E-state index in [0.29, 0.717) is 5.92 Å². The van der Waals surface area contributed by atoms with Gasteiger partial charge in [-0.2, -0.15) is 0 Å². The largest absolute Gasteiger partial charge is 0.298 e. The molecule has 2 aromatic rings. The van der Waals surface area contributed by atoms with E-state index in [0.717, 1.165) is 13.1 Å². The number of aryl methyl sites for hydroxylation is 1. The summed E-state index contributed by atoms with van der Waals surface area (Å²) in [4.78, 5) is 2.60. The molecule has 1 nitrogen and oxygen atoms in total. The zero-order valence-corrected chi connectivity index (χ0v) is 12.5. The van der Waals surface area contributed by atoms with Gasteiger partial charge in [-0.1, -0.05) is 55.5 Å². The lowest BCUT2D eigenvalue weighted by Crippen LogP contribution is -2.33. The van der Waals surface area contributed by atoms with Crippen LogP contribution in [0.15, 0.2) is 48.5 Å². The number of benzene rings is 2. The van der Waals surface area contributed by atoms with Gasteiger partial charge in [-0.05, 0) is 41.5 Å². The summed E-state index contributed by atoms with van der Waals surface area (Å²) in [7, 11) is 0. The highest BCUT2D eigenvalue weighted by Gasteiger charge is 2.19. The zero-order chi connectivity index (χ0) is 13.9. The highest BCUT2D eigenvalue weighted by Crippen LogP contribution is 2.24. The normalized spacial score (nSPS) is 16.7. The van der Waals surface area contributed by atoms with Gasteiger partial charge in [-0.25, -0.2) is 0 Å². The zero-order valence-electron chi connectivity index (χ0n) is 12.5. The van der Waals surface area contributed by atoms with Crippen molar-refractivity contribution in [2.75, 3.05) is 13.1 Å². The average Bonchev–Trinajstić information content (AvgIpc) is 2.48. The molecule has 0 fully saturated rings. The van der Waals surface area contributed by atoms with Crippen LogP contribution in [0.5, 0.6) is 0 Å². The molecule has 0 radical (unpaired) electrons. The fraction of sp³-hybridized carbons (Fsp3) is 0.368. The molecule has 1 unspecified atom stereocenters. The molecule has 1 heteroatoms. The van der Waals surface area contributed by atoms with Gasteiger partial charge in [-0.15, -0.1) is 0 Å². The van der Waals surface area contributed by atoms with E-state index in [9.17, 15) is 0 Å². The molecular formula is C19H23N. The van der Waals surface area contributed by atoms with Crippen molar-refractivity contribution in [2.45, 2.75) is 32.7 Å². The molecule has 1 aliphatic heterocycles. The standard InChI is InChI=1S/C19H23N/c1-15-7-6-10-18-14-20(12-11-19(15)18)13-16(2)17-8-4-3-5-9-17/h3-10,16H,11-14H2,1-2H3. The Balaban J connectivity index is 1.69. The Kier molecular flexibility index (Phi) is 3.88. The third-order valence-electron chi connectivity index (χ3n) is 4.48. The maximum absolute atomic E-state index is 2.60. The van der Waals surface area contributed by atoms with Crippen LogP contribution in [-0.4, -0.2) is 18.0 Å². The van der Waals surface area contributed by atoms with Gasteiger partial charge >= 0.3 is 0 Å². The van der Waals surface area contributed by atoms with Gasteiger partial charge in [0, 0.05) is 19.6 Å². The van der Waals surface area contributed by atoms with E-state index >= 15 is 0 Å². The van der Waals surface area contributed by atoms with Crippen molar-refractivity contribution >= 4 is 0 Å². The van der Waals surface area contributed by atoms with Crippen molar-refractivity contribution in [3.05, 3.63) is 70.8 Å². The lowest BCUT2D eigenvalue weighted by Gasteiger charge is -2.31. The van der Waals surface area contributed by atoms with Crippen LogP contribution < -0.4 is 0 Å². The molecule has 0 amide bonds. The Morgan fingerprint density at radius 1 is 1.05 bits per heavy atom. The summed E-state index contributed by atoms with van der Waals surface area (Å²) in [5.74, 6) is 0.600. The molecule has 0 N–H and O–H groups in total. The molecule has 2 aromatic carbocycles. The molecule has 20 heavy (non-hydrogen) atoms. The Bertz CT molecular complexity index is 574. The molecule has 1 aliphatic rings. The number of nitrogens with zero attached hydrogens (tertiary/aromatic N) is 1. The average molecular weight is 265 g/mol. The highest BCUT2D eigenvalue weighted by atomic mass is 15.1. The number of hydrogen-bond donors (Lipinski definition) is 0. The predicted molar refractivity (Wildman–Crippen MR) is 85.0 cm³/mol. The Morgan fingerprint density at radius 2 is 1.85 bits per heavy atom. The predicted octanol–water partition coefficient (Wildman–Crippen LogP) is 4.16. The highest BCUT2D eigenvalue weighted by molar-refractivity contribution is 5.36. The first-order valence-corrected chi connectivity index (χ1v) is 7.58. The number of fused-ring (bicyclic) bond motifs is 1. The van der Waals surface area contributed by atoms with Crippen molar-refractivity contribution in [2.24, 2.45) is 0 Å². The van der Waals surface area contributed by atoms with Gasteiger partial charge in [0.05, 0.1) is 0 Å². The Morgan fingerprint density at radius 3 is 2.65 bits per heavy atom. The van der Waals surface area contributed by atoms with Crippen LogP contribution >= 0.6 is 0 Å². The van der Waals surface area contributed by atoms with Crippen LogP contribution in [0, 0.1) is 6.92 Å². The molecule has 104 valence electrons. The molecule has 0 saturated carbocycles. The smallest absolute Gasteiger partial charge is 0.0236 e. The van der Waals surface area contributed by atoms with Gasteiger partial charge in [-0.3, -0.25) is 4.90 Å². The van der Waals surface area contributed by atoms with Crippen LogP contribution in [0.4, 0.5) is 0 Å². The second-order valence-electron chi connectivity index (χ2n) is 6.01. The molecule has 0 aliphatic carbocycles. The van der Waals surface area contributed by atoms with Crippen LogP contribution in [0.2, 0.25) is 0 Å². The Hall–Kier alpha value is -1.60. The van der Waals surface area contributed by atoms with Gasteiger partial charge in [0.2, 0.25) is 0 Å². The summed E-state index contributed by atoms with van der Waals surface area (Å²) in [6.45, 7) is 8.02. The van der Waals surface area contributed by atoms with Crippen LogP contribution in [-0.2, 0) is 13.0 Å². The summed E-state index contributed by atoms with van der Waals surface area (Å²) < 4.78 is 0. The third-order valence-corrected chi connectivity index (χ3v) is 4.48. The molecule has 0 spiro atoms. The fourth-order valence-corrected chi connectivity index (χ4v) is 3.29. The topological polar surface area (TPSA) is 3.24 Å². The van der Waals surface area contributed by atoms with Crippen LogP contribution in [0.25, 0.3) is 0 Å². The molecule has 0 saturated heterocycles. The van der Waals surface area contributed by atoms with Gasteiger partial charge < -0.3 is 0 Å². The molecule has 1 heterocycles. The first kappa shape index (κ1) is 13.4. The summed E-state index contributed by atoms with van der Waals surface area (Å²) >= 11 is 0. The van der Waals surface area contributed by atoms with Crippen LogP contribution in [0.3, 0.4) is 0 Å². The van der Waals surface area contributed by atoms with Crippen molar-refractivity contribution in [3.63, 3.8) is 0 Å². The first-order chi connectivity index (χ1) is 9.74. The minimum absolute atomic E-state index is 0.600. The second kappa shape index (κ2) is 5.80. The molecule has 1 atom stereocenters. The Labute approximate surface area is 122 Å². The maximum atomic E-state index is 2.60. The van der Waals surface area contributed by atoms with E-state index in [1.54, 1.807) is 5.56 Å². The molecule has 0 aromatic heterocycles. The van der Waals surface area contributed by atoms with Crippen molar-refractivity contribution in [1.29, 1.82) is 0 Å². The van der Waals surface area contributed by atoms with E-state index in [-0.39, 0.29) is 0 Å². The molecular weight excluding hydrogens is 242 g/mol. The fourth-order valence-electron chi connectivity index (χ4n) is 3.29. The molecule has 0 bridgehead atoms. The van der Waals surface area contributed by atoms with Crippen molar-refractivity contribution < 1.29 is 0 Å². The monoisotopic (exact) mass is 265 g/mol. The summed E-state index contributed by atoms with van der Waals surface area (Å²) in [5.41, 5.74) is 6.01. The number of hydrogen-bond acceptors (Lipinski definition) is 1. The minimum atomic E-state index is 0.600. The van der Waals surface area contributed by atoms with Crippen LogP contribution in [0.1, 0.15) is 35.1 Å². The van der Waals surface area contributed by atoms with Crippen molar-refractivity contribution in [3.8, 4) is 0 Å². The lowest BCUT2D eigenvalue weighted by atomic mass is 9.94. The quantitative estimate of drug-likeness (QED) is 0.805.